The molecular formula is C17H17FN2O4S. The van der Waals surface area contributed by atoms with Gasteiger partial charge in [0.05, 0.1) is 0 Å². The van der Waals surface area contributed by atoms with Crippen molar-refractivity contribution in [3.63, 3.8) is 0 Å². The van der Waals surface area contributed by atoms with Crippen LogP contribution in [0.2, 0.25) is 0 Å². The van der Waals surface area contributed by atoms with E-state index in [1.165, 1.54) is 29.8 Å². The first-order chi connectivity index (χ1) is 11.9. The largest absolute Gasteiger partial charge is 0.488 e. The topological polar surface area (TPSA) is 75.7 Å². The number of amides is 2. The molecule has 1 aliphatic heterocycles. The van der Waals surface area contributed by atoms with Gasteiger partial charge in [-0.15, -0.1) is 0 Å². The van der Waals surface area contributed by atoms with Crippen LogP contribution < -0.4 is 9.50 Å². The lowest BCUT2D eigenvalue weighted by Crippen LogP contribution is -2.32. The summed E-state index contributed by atoms with van der Waals surface area (Å²) in [4.78, 5) is 14.1. The van der Waals surface area contributed by atoms with Gasteiger partial charge in [-0.1, -0.05) is 34.2 Å². The van der Waals surface area contributed by atoms with E-state index in [4.69, 9.17) is 0 Å². The van der Waals surface area contributed by atoms with Gasteiger partial charge in [-0.2, -0.15) is 8.42 Å². The van der Waals surface area contributed by atoms with Gasteiger partial charge in [-0.05, 0) is 36.2 Å². The third-order valence-corrected chi connectivity index (χ3v) is 4.44. The van der Waals surface area contributed by atoms with Gasteiger partial charge in [-0.3, -0.25) is 0 Å². The molecule has 8 heteroatoms. The highest BCUT2D eigenvalue weighted by atomic mass is 32.3. The van der Waals surface area contributed by atoms with Crippen molar-refractivity contribution in [2.45, 2.75) is 12.3 Å². The molecule has 0 spiro atoms. The standard InChI is InChI=1S/C17H17FN2O4S/c18-25(22,23)24-16-8-6-15(7-9-16)19-17(21)20-11-10-14(12-20)13-4-2-1-3-5-13/h1-9,14H,10-12H2,(H,19,21). The molecule has 2 aromatic carbocycles. The highest BCUT2D eigenvalue weighted by Gasteiger charge is 2.27. The summed E-state index contributed by atoms with van der Waals surface area (Å²) >= 11 is 0. The maximum absolute atomic E-state index is 12.4. The minimum Gasteiger partial charge on any atom is -0.358 e. The second-order valence-corrected chi connectivity index (χ2v) is 6.73. The predicted molar refractivity (Wildman–Crippen MR) is 91.5 cm³/mol. The quantitative estimate of drug-likeness (QED) is 0.845. The number of nitrogens with zero attached hydrogens (tertiary/aromatic N) is 1. The van der Waals surface area contributed by atoms with Gasteiger partial charge in [0.1, 0.15) is 5.75 Å². The highest BCUT2D eigenvalue weighted by molar-refractivity contribution is 7.81. The summed E-state index contributed by atoms with van der Waals surface area (Å²) < 4.78 is 37.4. The smallest absolute Gasteiger partial charge is 0.358 e. The summed E-state index contributed by atoms with van der Waals surface area (Å²) in [7, 11) is -5.05. The molecule has 0 aliphatic carbocycles. The van der Waals surface area contributed by atoms with Gasteiger partial charge in [0.25, 0.3) is 0 Å². The van der Waals surface area contributed by atoms with Gasteiger partial charge in [0.2, 0.25) is 0 Å². The van der Waals surface area contributed by atoms with Crippen molar-refractivity contribution in [2.75, 3.05) is 18.4 Å². The number of nitrogens with one attached hydrogen (secondary N) is 1. The van der Waals surface area contributed by atoms with Crippen molar-refractivity contribution in [3.8, 4) is 5.75 Å². The summed E-state index contributed by atoms with van der Waals surface area (Å²) in [6, 6.07) is 15.3. The number of hydrogen-bond donors (Lipinski definition) is 1. The maximum atomic E-state index is 12.4. The number of carbonyl (C=O) groups excluding carboxylic acids is 1. The number of halogens is 1. The molecule has 132 valence electrons. The van der Waals surface area contributed by atoms with Crippen LogP contribution in [0.3, 0.4) is 0 Å². The van der Waals surface area contributed by atoms with Crippen LogP contribution in [0.25, 0.3) is 0 Å². The molecule has 1 aliphatic rings. The fourth-order valence-electron chi connectivity index (χ4n) is 2.85. The third kappa shape index (κ3) is 4.69. The lowest BCUT2D eigenvalue weighted by Gasteiger charge is -2.17. The third-order valence-electron chi connectivity index (χ3n) is 4.05. The Labute approximate surface area is 145 Å². The monoisotopic (exact) mass is 364 g/mol. The van der Waals surface area contributed by atoms with E-state index in [9.17, 15) is 17.1 Å². The summed E-state index contributed by atoms with van der Waals surface area (Å²) in [6.45, 7) is 1.30. The van der Waals surface area contributed by atoms with Crippen molar-refractivity contribution in [3.05, 3.63) is 60.2 Å². The zero-order valence-corrected chi connectivity index (χ0v) is 14.1. The molecule has 6 nitrogen and oxygen atoms in total. The Balaban J connectivity index is 1.58. The van der Waals surface area contributed by atoms with Crippen molar-refractivity contribution in [1.82, 2.24) is 4.90 Å². The summed E-state index contributed by atoms with van der Waals surface area (Å²) in [5.41, 5.74) is 1.68. The van der Waals surface area contributed by atoms with E-state index in [-0.39, 0.29) is 11.8 Å². The normalized spacial score (nSPS) is 17.3. The van der Waals surface area contributed by atoms with Crippen LogP contribution in [-0.2, 0) is 10.5 Å². The molecule has 0 radical (unpaired) electrons. The fourth-order valence-corrected chi connectivity index (χ4v) is 3.19. The number of benzene rings is 2. The molecule has 1 fully saturated rings. The van der Waals surface area contributed by atoms with Gasteiger partial charge in [0, 0.05) is 24.7 Å². The van der Waals surface area contributed by atoms with E-state index in [2.05, 4.69) is 21.6 Å². The fraction of sp³-hybridized carbons (Fsp3) is 0.235. The number of urea groups is 1. The maximum Gasteiger partial charge on any atom is 0.488 e. The van der Waals surface area contributed by atoms with Crippen LogP contribution >= 0.6 is 0 Å². The lowest BCUT2D eigenvalue weighted by molar-refractivity contribution is 0.222. The number of hydrogen-bond acceptors (Lipinski definition) is 4. The Bertz CT molecular complexity index is 841. The predicted octanol–water partition coefficient (Wildman–Crippen LogP) is 3.30. The molecule has 0 aromatic heterocycles. The van der Waals surface area contributed by atoms with E-state index in [0.717, 1.165) is 6.42 Å². The Kier molecular flexibility index (Phi) is 4.89. The lowest BCUT2D eigenvalue weighted by atomic mass is 9.99. The van der Waals surface area contributed by atoms with Crippen molar-refractivity contribution >= 4 is 22.2 Å². The van der Waals surface area contributed by atoms with Crippen molar-refractivity contribution in [2.24, 2.45) is 0 Å². The second kappa shape index (κ2) is 7.10. The van der Waals surface area contributed by atoms with E-state index >= 15 is 0 Å². The summed E-state index contributed by atoms with van der Waals surface area (Å²) in [5, 5.41) is 2.73. The first kappa shape index (κ1) is 17.2. The Morgan fingerprint density at radius 2 is 1.80 bits per heavy atom. The van der Waals surface area contributed by atoms with Crippen LogP contribution in [-0.4, -0.2) is 32.4 Å². The average Bonchev–Trinajstić information content (AvgIpc) is 3.06. The molecule has 0 saturated carbocycles. The van der Waals surface area contributed by atoms with Crippen molar-refractivity contribution in [1.29, 1.82) is 0 Å². The Morgan fingerprint density at radius 1 is 1.12 bits per heavy atom. The first-order valence-electron chi connectivity index (χ1n) is 7.76. The minimum atomic E-state index is -5.05. The zero-order valence-electron chi connectivity index (χ0n) is 13.3. The molecule has 1 N–H and O–H groups in total. The zero-order chi connectivity index (χ0) is 17.9. The molecule has 1 saturated heterocycles. The molecule has 25 heavy (non-hydrogen) atoms. The van der Waals surface area contributed by atoms with Gasteiger partial charge in [0.15, 0.2) is 0 Å². The highest BCUT2D eigenvalue weighted by Crippen LogP contribution is 2.27. The molecular weight excluding hydrogens is 347 g/mol. The number of likely N-dealkylation sites (tertiary alicyclic amines) is 1. The van der Waals surface area contributed by atoms with E-state index < -0.39 is 10.5 Å². The average molecular weight is 364 g/mol. The van der Waals surface area contributed by atoms with E-state index in [0.29, 0.717) is 24.7 Å². The first-order valence-corrected chi connectivity index (χ1v) is 9.06. The molecule has 1 unspecified atom stereocenters. The second-order valence-electron chi connectivity index (χ2n) is 5.77. The number of carbonyl (C=O) groups is 1. The molecule has 2 amide bonds. The van der Waals surface area contributed by atoms with Crippen LogP contribution in [0.15, 0.2) is 54.6 Å². The summed E-state index contributed by atoms with van der Waals surface area (Å²) in [6.07, 6.45) is 0.901. The Hall–Kier alpha value is -2.61. The molecule has 2 aromatic rings. The SMILES string of the molecule is O=C(Nc1ccc(OS(=O)(=O)F)cc1)N1CCC(c2ccccc2)C1. The van der Waals surface area contributed by atoms with Gasteiger partial charge < -0.3 is 14.4 Å². The van der Waals surface area contributed by atoms with Crippen LogP contribution in [0.5, 0.6) is 5.75 Å². The van der Waals surface area contributed by atoms with E-state index in [1.54, 1.807) is 4.90 Å². The van der Waals surface area contributed by atoms with E-state index in [1.807, 2.05) is 18.2 Å². The van der Waals surface area contributed by atoms with Crippen LogP contribution in [0, 0.1) is 0 Å². The molecule has 3 rings (SSSR count). The van der Waals surface area contributed by atoms with Crippen LogP contribution in [0.4, 0.5) is 14.4 Å². The Morgan fingerprint density at radius 3 is 2.44 bits per heavy atom. The number of rotatable bonds is 4. The molecule has 1 heterocycles. The molecule has 1 atom stereocenters. The van der Waals surface area contributed by atoms with Crippen LogP contribution in [0.1, 0.15) is 17.9 Å². The van der Waals surface area contributed by atoms with Crippen molar-refractivity contribution < 1.29 is 21.3 Å². The molecule has 0 bridgehead atoms. The van der Waals surface area contributed by atoms with Gasteiger partial charge in [-0.25, -0.2) is 4.79 Å². The minimum absolute atomic E-state index is 0.161. The number of anilines is 1. The van der Waals surface area contributed by atoms with Gasteiger partial charge >= 0.3 is 16.5 Å². The summed E-state index contributed by atoms with van der Waals surface area (Å²) in [5.74, 6) is 0.156.